The molecule has 0 radical (unpaired) electrons. The van der Waals surface area contributed by atoms with Crippen molar-refractivity contribution in [2.75, 3.05) is 20.6 Å². The van der Waals surface area contributed by atoms with Crippen LogP contribution in [0.15, 0.2) is 23.0 Å². The second kappa shape index (κ2) is 9.10. The topological polar surface area (TPSA) is 173 Å². The van der Waals surface area contributed by atoms with Gasteiger partial charge in [-0.1, -0.05) is 6.92 Å². The molecule has 38 heavy (non-hydrogen) atoms. The standard InChI is InChI=1S/C25H28F3N3O7/c1-4-30-8-10-7-13(32)15-11(17(10)25(26,27)28)5-9-6-12-18(31(2)3)20(34)16(23(29)37)22(36)24(12,38)21(35)14(9)19(15)33/h7,9,12,18,30,32-33,36,38H,4-6,8H2,1-3H3,(H2,29,37)/t9-,12-,18-,24-/m0/s1. The van der Waals surface area contributed by atoms with Gasteiger partial charge in [-0.25, -0.2) is 0 Å². The van der Waals surface area contributed by atoms with Crippen LogP contribution in [0.25, 0.3) is 5.76 Å². The number of nitrogens with two attached hydrogens (primary N) is 1. The number of carbonyl (C=O) groups is 3. The number of hydrogen-bond acceptors (Lipinski definition) is 9. The van der Waals surface area contributed by atoms with E-state index in [2.05, 4.69) is 5.32 Å². The van der Waals surface area contributed by atoms with Crippen LogP contribution in [0.3, 0.4) is 0 Å². The summed E-state index contributed by atoms with van der Waals surface area (Å²) in [6.45, 7) is 1.83. The first-order valence-corrected chi connectivity index (χ1v) is 11.9. The number of aromatic hydroxyl groups is 1. The number of ketones is 2. The van der Waals surface area contributed by atoms with Gasteiger partial charge in [-0.3, -0.25) is 19.3 Å². The molecule has 3 aliphatic rings. The quantitative estimate of drug-likeness (QED) is 0.300. The number of Topliss-reactive ketones (excluding diaryl/α,β-unsaturated/α-hetero) is 2. The lowest BCUT2D eigenvalue weighted by Crippen LogP contribution is -2.65. The van der Waals surface area contributed by atoms with Gasteiger partial charge in [0.15, 0.2) is 11.4 Å². The molecule has 0 aromatic heterocycles. The number of alkyl halides is 3. The van der Waals surface area contributed by atoms with Gasteiger partial charge >= 0.3 is 6.18 Å². The van der Waals surface area contributed by atoms with Gasteiger partial charge in [0, 0.05) is 18.0 Å². The van der Waals surface area contributed by atoms with Crippen LogP contribution in [-0.4, -0.2) is 75.1 Å². The third kappa shape index (κ3) is 3.79. The molecule has 4 atom stereocenters. The minimum Gasteiger partial charge on any atom is -0.508 e. The van der Waals surface area contributed by atoms with Crippen molar-refractivity contribution >= 4 is 23.2 Å². The summed E-state index contributed by atoms with van der Waals surface area (Å²) in [5.74, 6) is -9.04. The summed E-state index contributed by atoms with van der Waals surface area (Å²) in [6, 6.07) is -0.473. The molecule has 1 saturated carbocycles. The number of fused-ring (bicyclic) bond motifs is 3. The molecule has 0 spiro atoms. The first kappa shape index (κ1) is 27.6. The SMILES string of the molecule is CCNCc1cc(O)c2c(c1C(F)(F)F)C[C@H]1C[C@H]3[C@H](N(C)C)C(=O)C(C(N)=O)=C(O)[C@@]3(O)C(=O)C1=C2O. The first-order chi connectivity index (χ1) is 17.6. The van der Waals surface area contributed by atoms with Crippen molar-refractivity contribution in [2.24, 2.45) is 17.6 Å². The molecule has 1 aromatic carbocycles. The van der Waals surface area contributed by atoms with E-state index in [0.717, 1.165) is 6.07 Å². The van der Waals surface area contributed by atoms with Crippen molar-refractivity contribution in [2.45, 2.75) is 44.1 Å². The van der Waals surface area contributed by atoms with Crippen molar-refractivity contribution < 1.29 is 48.0 Å². The van der Waals surface area contributed by atoms with Crippen LogP contribution in [0.4, 0.5) is 13.2 Å². The zero-order valence-electron chi connectivity index (χ0n) is 20.8. The average molecular weight is 540 g/mol. The predicted molar refractivity (Wildman–Crippen MR) is 127 cm³/mol. The van der Waals surface area contributed by atoms with Crippen LogP contribution in [0.1, 0.15) is 35.6 Å². The van der Waals surface area contributed by atoms with Crippen molar-refractivity contribution in [3.05, 3.63) is 45.2 Å². The van der Waals surface area contributed by atoms with Crippen LogP contribution in [-0.2, 0) is 33.5 Å². The van der Waals surface area contributed by atoms with Crippen LogP contribution in [0, 0.1) is 11.8 Å². The lowest BCUT2D eigenvalue weighted by atomic mass is 9.57. The van der Waals surface area contributed by atoms with E-state index < -0.39 is 98.7 Å². The maximum Gasteiger partial charge on any atom is 0.417 e. The second-order valence-electron chi connectivity index (χ2n) is 10.0. The van der Waals surface area contributed by atoms with Gasteiger partial charge in [-0.15, -0.1) is 0 Å². The molecule has 0 heterocycles. The number of rotatable bonds is 5. The number of primary amides is 1. The number of halogens is 3. The molecule has 0 bridgehead atoms. The molecule has 7 N–H and O–H groups in total. The lowest BCUT2D eigenvalue weighted by molar-refractivity contribution is -0.153. The lowest BCUT2D eigenvalue weighted by Gasteiger charge is -2.50. The summed E-state index contributed by atoms with van der Waals surface area (Å²) in [5, 5.41) is 46.9. The van der Waals surface area contributed by atoms with E-state index in [1.165, 1.54) is 19.0 Å². The summed E-state index contributed by atoms with van der Waals surface area (Å²) >= 11 is 0. The molecule has 206 valence electrons. The summed E-state index contributed by atoms with van der Waals surface area (Å²) in [7, 11) is 2.86. The monoisotopic (exact) mass is 539 g/mol. The molecule has 1 fully saturated rings. The van der Waals surface area contributed by atoms with Crippen LogP contribution in [0.5, 0.6) is 5.75 Å². The van der Waals surface area contributed by atoms with Crippen molar-refractivity contribution in [3.8, 4) is 5.75 Å². The predicted octanol–water partition coefficient (Wildman–Crippen LogP) is 1.09. The Morgan fingerprint density at radius 1 is 1.24 bits per heavy atom. The smallest absolute Gasteiger partial charge is 0.417 e. The number of nitrogens with one attached hydrogen (secondary N) is 1. The van der Waals surface area contributed by atoms with Gasteiger partial charge in [0.2, 0.25) is 5.78 Å². The van der Waals surface area contributed by atoms with Gasteiger partial charge in [-0.2, -0.15) is 13.2 Å². The number of nitrogens with zero attached hydrogens (tertiary/aromatic N) is 1. The summed E-state index contributed by atoms with van der Waals surface area (Å²) in [6.07, 6.45) is -5.62. The van der Waals surface area contributed by atoms with E-state index >= 15 is 0 Å². The molecule has 1 amide bonds. The Hall–Kier alpha value is -3.42. The van der Waals surface area contributed by atoms with Gasteiger partial charge in [0.05, 0.1) is 17.2 Å². The number of benzene rings is 1. The van der Waals surface area contributed by atoms with Crippen LogP contribution in [0.2, 0.25) is 0 Å². The average Bonchev–Trinajstić information content (AvgIpc) is 2.78. The maximum absolute atomic E-state index is 14.3. The Morgan fingerprint density at radius 2 is 1.87 bits per heavy atom. The highest BCUT2D eigenvalue weighted by Gasteiger charge is 2.64. The van der Waals surface area contributed by atoms with Gasteiger partial charge in [0.1, 0.15) is 22.8 Å². The molecule has 10 nitrogen and oxygen atoms in total. The highest BCUT2D eigenvalue weighted by molar-refractivity contribution is 6.24. The number of carbonyl (C=O) groups excluding carboxylic acids is 3. The second-order valence-corrected chi connectivity index (χ2v) is 10.0. The number of phenols is 1. The Morgan fingerprint density at radius 3 is 2.39 bits per heavy atom. The van der Waals surface area contributed by atoms with Gasteiger partial charge in [-0.05, 0) is 56.6 Å². The largest absolute Gasteiger partial charge is 0.508 e. The Labute approximate surface area is 215 Å². The fraction of sp³-hybridized carbons (Fsp3) is 0.480. The molecule has 0 saturated heterocycles. The van der Waals surface area contributed by atoms with Crippen molar-refractivity contribution in [3.63, 3.8) is 0 Å². The van der Waals surface area contributed by atoms with E-state index in [9.17, 15) is 48.0 Å². The number of likely N-dealkylation sites (N-methyl/N-ethyl adjacent to an activating group) is 1. The summed E-state index contributed by atoms with van der Waals surface area (Å²) < 4.78 is 42.9. The molecular formula is C25H28F3N3O7. The third-order valence-electron chi connectivity index (χ3n) is 7.65. The van der Waals surface area contributed by atoms with E-state index in [1.54, 1.807) is 6.92 Å². The van der Waals surface area contributed by atoms with E-state index in [4.69, 9.17) is 5.73 Å². The highest BCUT2D eigenvalue weighted by Crippen LogP contribution is 2.54. The fourth-order valence-electron chi connectivity index (χ4n) is 6.14. The molecule has 0 aliphatic heterocycles. The van der Waals surface area contributed by atoms with E-state index in [0.29, 0.717) is 6.54 Å². The van der Waals surface area contributed by atoms with Crippen LogP contribution >= 0.6 is 0 Å². The maximum atomic E-state index is 14.3. The molecule has 1 aromatic rings. The Bertz CT molecular complexity index is 1320. The zero-order chi connectivity index (χ0) is 28.5. The fourth-order valence-corrected chi connectivity index (χ4v) is 6.14. The summed E-state index contributed by atoms with van der Waals surface area (Å²) in [4.78, 5) is 40.1. The molecule has 0 unspecified atom stereocenters. The highest BCUT2D eigenvalue weighted by atomic mass is 19.4. The number of hydrogen-bond donors (Lipinski definition) is 6. The minimum absolute atomic E-state index is 0.221. The van der Waals surface area contributed by atoms with Gasteiger partial charge < -0.3 is 31.5 Å². The number of amides is 1. The first-order valence-electron chi connectivity index (χ1n) is 11.9. The Balaban J connectivity index is 2.00. The normalized spacial score (nSPS) is 27.4. The van der Waals surface area contributed by atoms with Gasteiger partial charge in [0.25, 0.3) is 5.91 Å². The molecule has 4 rings (SSSR count). The molecular weight excluding hydrogens is 511 g/mol. The van der Waals surface area contributed by atoms with E-state index in [1.807, 2.05) is 0 Å². The number of phenolic OH excluding ortho intramolecular Hbond substituents is 1. The zero-order valence-corrected chi connectivity index (χ0v) is 20.8. The number of aliphatic hydroxyl groups is 3. The van der Waals surface area contributed by atoms with E-state index in [-0.39, 0.29) is 18.5 Å². The molecule has 13 heteroatoms. The number of aliphatic hydroxyl groups excluding tert-OH is 2. The van der Waals surface area contributed by atoms with Crippen LogP contribution < -0.4 is 11.1 Å². The van der Waals surface area contributed by atoms with Crippen molar-refractivity contribution in [1.82, 2.24) is 10.2 Å². The Kier molecular flexibility index (Phi) is 6.61. The third-order valence-corrected chi connectivity index (χ3v) is 7.65. The van der Waals surface area contributed by atoms with Crippen molar-refractivity contribution in [1.29, 1.82) is 0 Å². The minimum atomic E-state index is -4.87. The summed E-state index contributed by atoms with van der Waals surface area (Å²) in [5.41, 5.74) is -1.43. The molecule has 3 aliphatic carbocycles.